The van der Waals surface area contributed by atoms with Crippen LogP contribution in [0.15, 0.2) is 55.1 Å². The van der Waals surface area contributed by atoms with Gasteiger partial charge >= 0.3 is 0 Å². The second-order valence-electron chi connectivity index (χ2n) is 12.8. The van der Waals surface area contributed by atoms with E-state index in [1.165, 1.54) is 112 Å². The molecule has 2 heteroatoms. The average molecular weight is 571 g/mol. The molecule has 0 heterocycles. The predicted octanol–water partition coefficient (Wildman–Crippen LogP) is 12.1. The number of carbonyl (C=O) groups excluding carboxylic acids is 2. The number of hydrogen-bond donors (Lipinski definition) is 0. The van der Waals surface area contributed by atoms with Crippen LogP contribution in [0.5, 0.6) is 0 Å². The lowest BCUT2D eigenvalue weighted by atomic mass is 9.70. The fourth-order valence-corrected chi connectivity index (χ4v) is 7.04. The van der Waals surface area contributed by atoms with Crippen molar-refractivity contribution >= 4 is 11.6 Å². The maximum Gasteiger partial charge on any atom is 0.170 e. The number of unbranched alkanes of at least 4 members (excludes halogenated alkanes) is 14. The third-order valence-electron chi connectivity index (χ3n) is 9.48. The minimum atomic E-state index is -0.0284. The van der Waals surface area contributed by atoms with E-state index in [-0.39, 0.29) is 23.4 Å². The standard InChI is InChI=1S/C40H58O2/c1-4-7-10-13-14-15-16-17-18-19-24-34(41)32-39(42)33-27-28-36-35-25-20-21-26-37(35)40(38(36)31-33,29-22-11-8-5-2)30-23-12-9-6-3/h4,20-21,25-28,31H,1,5-19,22-24,29-30,32H2,2-3H3. The van der Waals surface area contributed by atoms with Crippen LogP contribution in [0.1, 0.15) is 170 Å². The summed E-state index contributed by atoms with van der Waals surface area (Å²) < 4.78 is 0. The molecular formula is C40H58O2. The fraction of sp³-hybridized carbons (Fsp3) is 0.600. The highest BCUT2D eigenvalue weighted by Crippen LogP contribution is 2.54. The van der Waals surface area contributed by atoms with Crippen LogP contribution in [0.2, 0.25) is 0 Å². The van der Waals surface area contributed by atoms with E-state index in [1.807, 2.05) is 12.1 Å². The first kappa shape index (κ1) is 34.0. The largest absolute Gasteiger partial charge is 0.299 e. The maximum absolute atomic E-state index is 13.4. The van der Waals surface area contributed by atoms with Gasteiger partial charge in [-0.05, 0) is 60.4 Å². The van der Waals surface area contributed by atoms with Gasteiger partial charge in [-0.1, -0.05) is 146 Å². The van der Waals surface area contributed by atoms with E-state index in [1.54, 1.807) is 0 Å². The Morgan fingerprint density at radius 3 is 1.88 bits per heavy atom. The molecule has 2 aromatic rings. The molecule has 2 aromatic carbocycles. The van der Waals surface area contributed by atoms with Crippen molar-refractivity contribution in [3.8, 4) is 11.1 Å². The van der Waals surface area contributed by atoms with E-state index < -0.39 is 0 Å². The summed E-state index contributed by atoms with van der Waals surface area (Å²) >= 11 is 0. The lowest BCUT2D eigenvalue weighted by Gasteiger charge is -2.33. The molecule has 2 nitrogen and oxygen atoms in total. The van der Waals surface area contributed by atoms with E-state index >= 15 is 0 Å². The molecule has 0 saturated carbocycles. The first-order chi connectivity index (χ1) is 20.6. The SMILES string of the molecule is C=CCCCCCCCCCCC(=O)CC(=O)c1ccc2c(c1)C(CCCCCC)(CCCCCC)c1ccccc1-2. The van der Waals surface area contributed by atoms with E-state index in [0.717, 1.165) is 37.7 Å². The number of benzene rings is 2. The zero-order valence-corrected chi connectivity index (χ0v) is 27.0. The first-order valence-electron chi connectivity index (χ1n) is 17.5. The molecule has 3 rings (SSSR count). The lowest BCUT2D eigenvalue weighted by molar-refractivity contribution is -0.118. The van der Waals surface area contributed by atoms with E-state index in [4.69, 9.17) is 0 Å². The molecule has 0 saturated heterocycles. The Morgan fingerprint density at radius 1 is 0.667 bits per heavy atom. The van der Waals surface area contributed by atoms with Crippen LogP contribution in [0.25, 0.3) is 11.1 Å². The Bertz CT molecular complexity index is 1100. The van der Waals surface area contributed by atoms with Crippen LogP contribution in [0.4, 0.5) is 0 Å². The third kappa shape index (κ3) is 9.78. The van der Waals surface area contributed by atoms with Gasteiger partial charge in [-0.3, -0.25) is 9.59 Å². The number of rotatable bonds is 24. The fourth-order valence-electron chi connectivity index (χ4n) is 7.04. The predicted molar refractivity (Wildman–Crippen MR) is 180 cm³/mol. The highest BCUT2D eigenvalue weighted by molar-refractivity contribution is 6.08. The Hall–Kier alpha value is -2.48. The minimum Gasteiger partial charge on any atom is -0.299 e. The van der Waals surface area contributed by atoms with Crippen molar-refractivity contribution in [2.45, 2.75) is 154 Å². The van der Waals surface area contributed by atoms with E-state index in [0.29, 0.717) is 6.42 Å². The van der Waals surface area contributed by atoms with Crippen molar-refractivity contribution < 1.29 is 9.59 Å². The number of Topliss-reactive ketones (excluding diaryl/α,β-unsaturated/α-hetero) is 2. The molecule has 0 aliphatic heterocycles. The third-order valence-corrected chi connectivity index (χ3v) is 9.48. The molecule has 0 fully saturated rings. The highest BCUT2D eigenvalue weighted by atomic mass is 16.1. The molecule has 0 N–H and O–H groups in total. The molecule has 1 aliphatic carbocycles. The molecule has 1 aliphatic rings. The van der Waals surface area contributed by atoms with Gasteiger partial charge in [-0.25, -0.2) is 0 Å². The topological polar surface area (TPSA) is 34.1 Å². The molecule has 42 heavy (non-hydrogen) atoms. The van der Waals surface area contributed by atoms with Crippen LogP contribution in [-0.4, -0.2) is 11.6 Å². The van der Waals surface area contributed by atoms with Crippen LogP contribution >= 0.6 is 0 Å². The molecule has 0 unspecified atom stereocenters. The summed E-state index contributed by atoms with van der Waals surface area (Å²) in [5.41, 5.74) is 6.10. The van der Waals surface area contributed by atoms with Crippen LogP contribution in [0.3, 0.4) is 0 Å². The highest BCUT2D eigenvalue weighted by Gasteiger charge is 2.42. The monoisotopic (exact) mass is 570 g/mol. The van der Waals surface area contributed by atoms with Gasteiger partial charge in [0.25, 0.3) is 0 Å². The summed E-state index contributed by atoms with van der Waals surface area (Å²) in [7, 11) is 0. The van der Waals surface area contributed by atoms with Crippen molar-refractivity contribution in [1.82, 2.24) is 0 Å². The van der Waals surface area contributed by atoms with Crippen LogP contribution < -0.4 is 0 Å². The first-order valence-corrected chi connectivity index (χ1v) is 17.5. The number of allylic oxidation sites excluding steroid dienone is 1. The summed E-state index contributed by atoms with van der Waals surface area (Å²) in [5.74, 6) is 0.0859. The number of carbonyl (C=O) groups is 2. The van der Waals surface area contributed by atoms with Gasteiger partial charge in [0.1, 0.15) is 5.78 Å². The van der Waals surface area contributed by atoms with E-state index in [9.17, 15) is 9.59 Å². The molecule has 0 spiro atoms. The van der Waals surface area contributed by atoms with Gasteiger partial charge in [-0.15, -0.1) is 6.58 Å². The van der Waals surface area contributed by atoms with Crippen molar-refractivity contribution in [1.29, 1.82) is 0 Å². The quantitative estimate of drug-likeness (QED) is 0.0544. The van der Waals surface area contributed by atoms with Gasteiger partial charge < -0.3 is 0 Å². The van der Waals surface area contributed by atoms with Crippen LogP contribution in [-0.2, 0) is 10.2 Å². The van der Waals surface area contributed by atoms with Crippen molar-refractivity contribution in [2.75, 3.05) is 0 Å². The lowest BCUT2D eigenvalue weighted by Crippen LogP contribution is -2.26. The summed E-state index contributed by atoms with van der Waals surface area (Å²) in [4.78, 5) is 26.2. The number of fused-ring (bicyclic) bond motifs is 3. The Morgan fingerprint density at radius 2 is 1.24 bits per heavy atom. The number of ketones is 2. The summed E-state index contributed by atoms with van der Waals surface area (Å²) in [6, 6.07) is 15.3. The molecule has 0 aromatic heterocycles. The summed E-state index contributed by atoms with van der Waals surface area (Å²) in [6.45, 7) is 8.33. The average Bonchev–Trinajstić information content (AvgIpc) is 3.27. The molecule has 0 amide bonds. The zero-order chi connectivity index (χ0) is 30.0. The van der Waals surface area contributed by atoms with Crippen molar-refractivity contribution in [2.24, 2.45) is 0 Å². The van der Waals surface area contributed by atoms with Gasteiger partial charge in [0, 0.05) is 17.4 Å². The van der Waals surface area contributed by atoms with Crippen molar-refractivity contribution in [3.63, 3.8) is 0 Å². The molecule has 0 bridgehead atoms. The minimum absolute atomic E-state index is 0.0100. The Labute approximate surface area is 257 Å². The smallest absolute Gasteiger partial charge is 0.170 e. The Kier molecular flexibility index (Phi) is 15.3. The van der Waals surface area contributed by atoms with Crippen LogP contribution in [0, 0.1) is 0 Å². The Balaban J connectivity index is 1.64. The summed E-state index contributed by atoms with van der Waals surface area (Å²) in [5, 5.41) is 0. The molecular weight excluding hydrogens is 512 g/mol. The zero-order valence-electron chi connectivity index (χ0n) is 27.0. The second-order valence-corrected chi connectivity index (χ2v) is 12.8. The van der Waals surface area contributed by atoms with Gasteiger partial charge in [0.05, 0.1) is 6.42 Å². The molecule has 0 radical (unpaired) electrons. The van der Waals surface area contributed by atoms with Crippen molar-refractivity contribution in [3.05, 3.63) is 71.8 Å². The number of hydrogen-bond acceptors (Lipinski definition) is 2. The molecule has 230 valence electrons. The maximum atomic E-state index is 13.4. The molecule has 0 atom stereocenters. The normalized spacial score (nSPS) is 13.1. The van der Waals surface area contributed by atoms with Gasteiger partial charge in [0.15, 0.2) is 5.78 Å². The van der Waals surface area contributed by atoms with E-state index in [2.05, 4.69) is 56.8 Å². The summed E-state index contributed by atoms with van der Waals surface area (Å²) in [6.07, 6.45) is 25.5. The van der Waals surface area contributed by atoms with Gasteiger partial charge in [-0.2, -0.15) is 0 Å². The van der Waals surface area contributed by atoms with Gasteiger partial charge in [0.2, 0.25) is 0 Å². The second kappa shape index (κ2) is 18.9.